The van der Waals surface area contributed by atoms with Gasteiger partial charge in [-0.15, -0.1) is 10.2 Å². The fraction of sp³-hybridized carbons (Fsp3) is 0.308. The van der Waals surface area contributed by atoms with Crippen molar-refractivity contribution in [3.63, 3.8) is 0 Å². The number of carbonyl (C=O) groups is 1. The summed E-state index contributed by atoms with van der Waals surface area (Å²) in [5.41, 5.74) is 9.69. The van der Waals surface area contributed by atoms with Gasteiger partial charge in [-0.05, 0) is 24.3 Å². The van der Waals surface area contributed by atoms with E-state index in [-0.39, 0.29) is 23.3 Å². The molecule has 17 heteroatoms. The molecule has 43 heavy (non-hydrogen) atoms. The maximum Gasteiger partial charge on any atom is 0.309 e. The Hall–Kier alpha value is -5.03. The number of piperazine rings is 1. The SMILES string of the molecule is CO/C(COc1ccc(N2CCN(CCn3c(=O)sc4c3nc(N)n3nc(-c5ccco5)nc43)CC2)c(F)c1)=N\NC=O. The molecule has 0 atom stereocenters. The number of halogens is 1. The first-order valence-corrected chi connectivity index (χ1v) is 14.1. The number of aromatic nitrogens is 5. The molecule has 3 N–H and O–H groups in total. The zero-order chi connectivity index (χ0) is 29.9. The number of furan rings is 1. The third-order valence-corrected chi connectivity index (χ3v) is 7.93. The van der Waals surface area contributed by atoms with Crippen LogP contribution in [0, 0.1) is 5.82 Å². The van der Waals surface area contributed by atoms with Crippen LogP contribution in [0.5, 0.6) is 5.75 Å². The van der Waals surface area contributed by atoms with Crippen molar-refractivity contribution < 1.29 is 23.1 Å². The monoisotopic (exact) mass is 610 g/mol. The van der Waals surface area contributed by atoms with Gasteiger partial charge in [-0.2, -0.15) is 9.50 Å². The summed E-state index contributed by atoms with van der Waals surface area (Å²) in [7, 11) is 1.39. The van der Waals surface area contributed by atoms with Crippen molar-refractivity contribution in [2.24, 2.45) is 5.10 Å². The number of amides is 1. The maximum absolute atomic E-state index is 15.0. The van der Waals surface area contributed by atoms with Crippen LogP contribution in [-0.2, 0) is 16.1 Å². The summed E-state index contributed by atoms with van der Waals surface area (Å²) < 4.78 is 34.5. The fourth-order valence-electron chi connectivity index (χ4n) is 4.80. The highest BCUT2D eigenvalue weighted by Gasteiger charge is 2.22. The van der Waals surface area contributed by atoms with E-state index in [1.165, 1.54) is 24.0 Å². The first-order valence-electron chi connectivity index (χ1n) is 13.2. The molecule has 0 unspecified atom stereocenters. The first kappa shape index (κ1) is 28.1. The summed E-state index contributed by atoms with van der Waals surface area (Å²) in [6.45, 7) is 3.52. The Morgan fingerprint density at radius 2 is 2.05 bits per heavy atom. The standard InChI is InChI=1S/C26H27FN10O5S/c1-40-20(32-29-15-38)14-42-16-4-5-18(17(27)13-16)35-9-6-34(7-10-35)8-11-36-23-21(43-26(36)39)24-30-22(19-3-2-12-41-19)33-37(24)25(28)31-23/h2-5,12-13,15H,6-11,14H2,1H3,(H2,28,31)(H,29,38)/b32-20-. The Bertz CT molecular complexity index is 1840. The number of nitrogens with one attached hydrogen (secondary N) is 1. The van der Waals surface area contributed by atoms with Crippen molar-refractivity contribution in [1.29, 1.82) is 0 Å². The number of fused-ring (bicyclic) bond motifs is 3. The Morgan fingerprint density at radius 3 is 2.77 bits per heavy atom. The Kier molecular flexibility index (Phi) is 7.89. The molecular formula is C26H27FN10O5S. The molecule has 0 saturated carbocycles. The van der Waals surface area contributed by atoms with Gasteiger partial charge in [0.1, 0.15) is 16.3 Å². The number of anilines is 2. The molecule has 4 aromatic heterocycles. The minimum atomic E-state index is -0.414. The lowest BCUT2D eigenvalue weighted by molar-refractivity contribution is -0.109. The second-order valence-corrected chi connectivity index (χ2v) is 10.4. The first-order chi connectivity index (χ1) is 20.9. The van der Waals surface area contributed by atoms with Crippen molar-refractivity contribution in [3.8, 4) is 17.3 Å². The molecule has 224 valence electrons. The molecule has 0 spiro atoms. The molecule has 0 aliphatic carbocycles. The van der Waals surface area contributed by atoms with Gasteiger partial charge in [-0.25, -0.2) is 14.8 Å². The van der Waals surface area contributed by atoms with Crippen LogP contribution < -0.4 is 25.7 Å². The summed E-state index contributed by atoms with van der Waals surface area (Å²) >= 11 is 1.05. The van der Waals surface area contributed by atoms with Crippen LogP contribution in [0.2, 0.25) is 0 Å². The minimum Gasteiger partial charge on any atom is -0.484 e. The highest BCUT2D eigenvalue weighted by molar-refractivity contribution is 7.17. The second-order valence-electron chi connectivity index (χ2n) is 9.48. The van der Waals surface area contributed by atoms with Crippen molar-refractivity contribution in [2.75, 3.05) is 57.1 Å². The number of nitrogen functional groups attached to an aromatic ring is 1. The number of thiazole rings is 1. The molecule has 6 rings (SSSR count). The predicted octanol–water partition coefficient (Wildman–Crippen LogP) is 1.39. The molecule has 0 bridgehead atoms. The van der Waals surface area contributed by atoms with Crippen molar-refractivity contribution in [1.82, 2.24) is 34.5 Å². The Labute approximate surface area is 246 Å². The number of hydrogen-bond donors (Lipinski definition) is 2. The molecule has 15 nitrogen and oxygen atoms in total. The molecule has 5 aromatic rings. The van der Waals surface area contributed by atoms with E-state index in [0.29, 0.717) is 84.7 Å². The van der Waals surface area contributed by atoms with Crippen LogP contribution in [-0.4, -0.2) is 87.8 Å². The van der Waals surface area contributed by atoms with Gasteiger partial charge in [0.2, 0.25) is 24.1 Å². The van der Waals surface area contributed by atoms with Gasteiger partial charge >= 0.3 is 4.87 Å². The van der Waals surface area contributed by atoms with Crippen LogP contribution in [0.3, 0.4) is 0 Å². The van der Waals surface area contributed by atoms with Gasteiger partial charge in [-0.1, -0.05) is 11.3 Å². The summed E-state index contributed by atoms with van der Waals surface area (Å²) in [6.07, 6.45) is 1.93. The Morgan fingerprint density at radius 1 is 1.21 bits per heavy atom. The van der Waals surface area contributed by atoms with Gasteiger partial charge in [0, 0.05) is 45.3 Å². The van der Waals surface area contributed by atoms with E-state index in [9.17, 15) is 14.0 Å². The number of benzene rings is 1. The smallest absolute Gasteiger partial charge is 0.309 e. The van der Waals surface area contributed by atoms with Crippen molar-refractivity contribution in [3.05, 3.63) is 52.1 Å². The van der Waals surface area contributed by atoms with E-state index in [1.807, 2.05) is 4.90 Å². The van der Waals surface area contributed by atoms with Crippen LogP contribution in [0.4, 0.5) is 16.0 Å². The molecule has 1 aromatic carbocycles. The normalized spacial score (nSPS) is 14.5. The molecule has 0 radical (unpaired) electrons. The van der Waals surface area contributed by atoms with Crippen LogP contribution in [0.1, 0.15) is 0 Å². The van der Waals surface area contributed by atoms with Gasteiger partial charge in [-0.3, -0.25) is 19.1 Å². The average molecular weight is 611 g/mol. The number of nitrogens with two attached hydrogens (primary N) is 1. The van der Waals surface area contributed by atoms with Gasteiger partial charge < -0.3 is 24.5 Å². The summed E-state index contributed by atoms with van der Waals surface area (Å²) in [4.78, 5) is 36.4. The largest absolute Gasteiger partial charge is 0.484 e. The third-order valence-electron chi connectivity index (χ3n) is 6.97. The number of methoxy groups -OCH3 is 1. The van der Waals surface area contributed by atoms with E-state index in [1.54, 1.807) is 28.8 Å². The van der Waals surface area contributed by atoms with Crippen LogP contribution in [0.15, 0.2) is 50.9 Å². The lowest BCUT2D eigenvalue weighted by atomic mass is 10.2. The van der Waals surface area contributed by atoms with Gasteiger partial charge in [0.05, 0.1) is 19.1 Å². The molecular weight excluding hydrogens is 583 g/mol. The fourth-order valence-corrected chi connectivity index (χ4v) is 5.74. The summed E-state index contributed by atoms with van der Waals surface area (Å²) in [5.74, 6) is 0.987. The molecule has 1 saturated heterocycles. The van der Waals surface area contributed by atoms with E-state index in [0.717, 1.165) is 11.3 Å². The van der Waals surface area contributed by atoms with Crippen LogP contribution >= 0.6 is 11.3 Å². The van der Waals surface area contributed by atoms with Gasteiger partial charge in [0.25, 0.3) is 0 Å². The maximum atomic E-state index is 15.0. The highest BCUT2D eigenvalue weighted by atomic mass is 32.1. The predicted molar refractivity (Wildman–Crippen MR) is 157 cm³/mol. The quantitative estimate of drug-likeness (QED) is 0.101. The number of rotatable bonds is 10. The number of carbonyl (C=O) groups excluding carboxylic acids is 1. The second kappa shape index (κ2) is 12.1. The molecule has 1 fully saturated rings. The topological polar surface area (TPSA) is 171 Å². The van der Waals surface area contributed by atoms with E-state index < -0.39 is 5.82 Å². The van der Waals surface area contributed by atoms with E-state index >= 15 is 0 Å². The minimum absolute atomic E-state index is 0.0741. The van der Waals surface area contributed by atoms with Gasteiger partial charge in [0.15, 0.2) is 23.7 Å². The molecule has 5 heterocycles. The summed E-state index contributed by atoms with van der Waals surface area (Å²) in [6, 6.07) is 8.13. The average Bonchev–Trinajstić information content (AvgIpc) is 3.76. The third kappa shape index (κ3) is 5.71. The number of ether oxygens (including phenoxy) is 2. The lowest BCUT2D eigenvalue weighted by Gasteiger charge is -2.36. The Balaban J connectivity index is 1.09. The molecule has 1 amide bonds. The zero-order valence-corrected chi connectivity index (χ0v) is 23.8. The van der Waals surface area contributed by atoms with Crippen LogP contribution in [0.25, 0.3) is 27.6 Å². The highest BCUT2D eigenvalue weighted by Crippen LogP contribution is 2.27. The molecule has 1 aliphatic rings. The van der Waals surface area contributed by atoms with E-state index in [4.69, 9.17) is 19.6 Å². The van der Waals surface area contributed by atoms with Crippen molar-refractivity contribution >= 4 is 51.3 Å². The number of nitrogens with zero attached hydrogens (tertiary/aromatic N) is 8. The number of hydrazone groups is 1. The lowest BCUT2D eigenvalue weighted by Crippen LogP contribution is -2.47. The van der Waals surface area contributed by atoms with E-state index in [2.05, 4.69) is 30.5 Å². The van der Waals surface area contributed by atoms with Crippen molar-refractivity contribution in [2.45, 2.75) is 6.54 Å². The summed E-state index contributed by atoms with van der Waals surface area (Å²) in [5, 5.41) is 8.07. The zero-order valence-electron chi connectivity index (χ0n) is 23.0. The molecule has 1 aliphatic heterocycles. The number of hydrogen-bond acceptors (Lipinski definition) is 13.